The summed E-state index contributed by atoms with van der Waals surface area (Å²) in [5, 5.41) is 0.724. The second-order valence-corrected chi connectivity index (χ2v) is 7.45. The highest BCUT2D eigenvalue weighted by Crippen LogP contribution is 2.26. The molecule has 1 aliphatic heterocycles. The van der Waals surface area contributed by atoms with E-state index in [1.165, 1.54) is 5.56 Å². The van der Waals surface area contributed by atoms with Crippen molar-refractivity contribution in [3.63, 3.8) is 0 Å². The third kappa shape index (κ3) is 6.82. The number of nitrogens with zero attached hydrogens (tertiary/aromatic N) is 2. The molecule has 0 amide bonds. The monoisotopic (exact) mass is 388 g/mol. The van der Waals surface area contributed by atoms with Gasteiger partial charge in [0.25, 0.3) is 0 Å². The van der Waals surface area contributed by atoms with Gasteiger partial charge in [0, 0.05) is 44.2 Å². The number of morpholine rings is 1. The molecule has 1 heterocycles. The molecule has 27 heavy (non-hydrogen) atoms. The minimum atomic E-state index is 0.0261. The van der Waals surface area contributed by atoms with Gasteiger partial charge in [0.05, 0.1) is 13.2 Å². The van der Waals surface area contributed by atoms with Gasteiger partial charge in [0.15, 0.2) is 0 Å². The van der Waals surface area contributed by atoms with Crippen molar-refractivity contribution in [2.24, 2.45) is 0 Å². The van der Waals surface area contributed by atoms with Crippen LogP contribution in [-0.2, 0) is 4.74 Å². The lowest BCUT2D eigenvalue weighted by molar-refractivity contribution is 0.0340. The Balaban J connectivity index is 1.53. The molecule has 0 spiro atoms. The first-order valence-electron chi connectivity index (χ1n) is 9.66. The predicted molar refractivity (Wildman–Crippen MR) is 111 cm³/mol. The Hall–Kier alpha value is -1.59. The van der Waals surface area contributed by atoms with Crippen LogP contribution in [0.4, 0.5) is 0 Å². The highest BCUT2D eigenvalue weighted by atomic mass is 35.5. The zero-order chi connectivity index (χ0) is 18.9. The summed E-state index contributed by atoms with van der Waals surface area (Å²) in [6, 6.07) is 18.0. The maximum atomic E-state index is 6.29. The summed E-state index contributed by atoms with van der Waals surface area (Å²) in [5.74, 6) is 0.851. The lowest BCUT2D eigenvalue weighted by Crippen LogP contribution is -2.41. The molecule has 1 fully saturated rings. The van der Waals surface area contributed by atoms with Gasteiger partial charge in [-0.25, -0.2) is 0 Å². The zero-order valence-corrected chi connectivity index (χ0v) is 16.8. The Kier molecular flexibility index (Phi) is 7.96. The van der Waals surface area contributed by atoms with Crippen molar-refractivity contribution in [2.75, 3.05) is 53.0 Å². The number of rotatable bonds is 9. The van der Waals surface area contributed by atoms with Gasteiger partial charge in [0.1, 0.15) is 11.9 Å². The number of ether oxygens (including phenoxy) is 2. The van der Waals surface area contributed by atoms with Gasteiger partial charge >= 0.3 is 0 Å². The lowest BCUT2D eigenvalue weighted by Gasteiger charge is -2.29. The summed E-state index contributed by atoms with van der Waals surface area (Å²) in [6.07, 6.45) is 0.963. The van der Waals surface area contributed by atoms with E-state index in [1.54, 1.807) is 0 Å². The molecule has 1 aliphatic rings. The smallest absolute Gasteiger partial charge is 0.125 e. The van der Waals surface area contributed by atoms with Crippen LogP contribution >= 0.6 is 11.6 Å². The van der Waals surface area contributed by atoms with Gasteiger partial charge in [-0.2, -0.15) is 0 Å². The molecule has 5 heteroatoms. The first-order valence-corrected chi connectivity index (χ1v) is 10.0. The zero-order valence-electron chi connectivity index (χ0n) is 16.0. The maximum absolute atomic E-state index is 6.29. The minimum absolute atomic E-state index is 0.0261. The van der Waals surface area contributed by atoms with Crippen LogP contribution in [0.1, 0.15) is 18.1 Å². The van der Waals surface area contributed by atoms with Crippen LogP contribution in [0.15, 0.2) is 54.6 Å². The fraction of sp³-hybridized carbons (Fsp3) is 0.455. The first-order chi connectivity index (χ1) is 13.2. The summed E-state index contributed by atoms with van der Waals surface area (Å²) in [6.45, 7) is 6.93. The van der Waals surface area contributed by atoms with E-state index in [1.807, 2.05) is 30.3 Å². The molecule has 0 N–H and O–H groups in total. The van der Waals surface area contributed by atoms with E-state index >= 15 is 0 Å². The van der Waals surface area contributed by atoms with Crippen molar-refractivity contribution in [1.29, 1.82) is 0 Å². The second kappa shape index (κ2) is 10.7. The van der Waals surface area contributed by atoms with Gasteiger partial charge < -0.3 is 14.4 Å². The van der Waals surface area contributed by atoms with Crippen molar-refractivity contribution < 1.29 is 9.47 Å². The van der Waals surface area contributed by atoms with Crippen molar-refractivity contribution in [1.82, 2.24) is 9.80 Å². The van der Waals surface area contributed by atoms with Crippen LogP contribution in [0.25, 0.3) is 0 Å². The summed E-state index contributed by atoms with van der Waals surface area (Å²) in [4.78, 5) is 4.86. The number of benzene rings is 2. The summed E-state index contributed by atoms with van der Waals surface area (Å²) < 4.78 is 11.7. The molecule has 4 nitrogen and oxygen atoms in total. The molecule has 1 saturated heterocycles. The minimum Gasteiger partial charge on any atom is -0.486 e. The highest BCUT2D eigenvalue weighted by Gasteiger charge is 2.16. The largest absolute Gasteiger partial charge is 0.486 e. The summed E-state index contributed by atoms with van der Waals surface area (Å²) in [5.41, 5.74) is 1.20. The summed E-state index contributed by atoms with van der Waals surface area (Å²) >= 11 is 5.99. The molecule has 0 saturated carbocycles. The third-order valence-corrected chi connectivity index (χ3v) is 5.19. The van der Waals surface area contributed by atoms with Crippen molar-refractivity contribution in [3.05, 3.63) is 65.2 Å². The van der Waals surface area contributed by atoms with Crippen LogP contribution in [-0.4, -0.2) is 62.8 Å². The number of hydrogen-bond acceptors (Lipinski definition) is 4. The average Bonchev–Trinajstić information content (AvgIpc) is 2.72. The van der Waals surface area contributed by atoms with E-state index in [2.05, 4.69) is 41.1 Å². The highest BCUT2D eigenvalue weighted by molar-refractivity contribution is 6.30. The maximum Gasteiger partial charge on any atom is 0.125 e. The second-order valence-electron chi connectivity index (χ2n) is 7.02. The van der Waals surface area contributed by atoms with E-state index < -0.39 is 0 Å². The Morgan fingerprint density at radius 1 is 1.04 bits per heavy atom. The van der Waals surface area contributed by atoms with Gasteiger partial charge in [-0.15, -0.1) is 0 Å². The fourth-order valence-electron chi connectivity index (χ4n) is 3.23. The molecule has 2 aromatic carbocycles. The average molecular weight is 389 g/mol. The molecule has 1 unspecified atom stereocenters. The Morgan fingerprint density at radius 3 is 2.44 bits per heavy atom. The number of likely N-dealkylation sites (N-methyl/N-ethyl adjacent to an activating group) is 1. The molecule has 0 aliphatic carbocycles. The van der Waals surface area contributed by atoms with Crippen LogP contribution in [0.5, 0.6) is 5.75 Å². The van der Waals surface area contributed by atoms with Gasteiger partial charge in [0.2, 0.25) is 0 Å². The molecule has 0 bridgehead atoms. The quantitative estimate of drug-likeness (QED) is 0.645. The molecule has 3 rings (SSSR count). The molecular weight excluding hydrogens is 360 g/mol. The predicted octanol–water partition coefficient (Wildman–Crippen LogP) is 4.11. The van der Waals surface area contributed by atoms with E-state index in [4.69, 9.17) is 21.1 Å². The fourth-order valence-corrected chi connectivity index (χ4v) is 3.35. The molecule has 0 radical (unpaired) electrons. The Labute approximate surface area is 167 Å². The van der Waals surface area contributed by atoms with Crippen molar-refractivity contribution in [3.8, 4) is 5.75 Å². The van der Waals surface area contributed by atoms with Crippen LogP contribution < -0.4 is 4.74 Å². The Morgan fingerprint density at radius 2 is 1.74 bits per heavy atom. The molecular formula is C22H29ClN2O2. The molecule has 2 aromatic rings. The molecule has 0 aromatic heterocycles. The number of hydrogen-bond donors (Lipinski definition) is 0. The van der Waals surface area contributed by atoms with E-state index in [-0.39, 0.29) is 6.10 Å². The van der Waals surface area contributed by atoms with Gasteiger partial charge in [-0.05, 0) is 36.9 Å². The molecule has 1 atom stereocenters. The van der Waals surface area contributed by atoms with Crippen LogP contribution in [0, 0.1) is 0 Å². The molecule has 146 valence electrons. The normalized spacial score (nSPS) is 16.4. The van der Waals surface area contributed by atoms with E-state index in [0.29, 0.717) is 0 Å². The Bertz CT molecular complexity index is 660. The van der Waals surface area contributed by atoms with Gasteiger partial charge in [-0.1, -0.05) is 41.9 Å². The topological polar surface area (TPSA) is 24.9 Å². The van der Waals surface area contributed by atoms with Crippen molar-refractivity contribution >= 4 is 11.6 Å². The van der Waals surface area contributed by atoms with Crippen LogP contribution in [0.3, 0.4) is 0 Å². The summed E-state index contributed by atoms with van der Waals surface area (Å²) in [7, 11) is 2.19. The van der Waals surface area contributed by atoms with Crippen molar-refractivity contribution in [2.45, 2.75) is 12.5 Å². The number of halogens is 1. The standard InChI is InChI=1S/C22H29ClN2O2/c1-24(13-14-25-15-17-26-18-16-25)12-11-22(19-5-3-2-4-6-19)27-21-9-7-20(23)8-10-21/h2-10,22H,11-18H2,1H3. The first kappa shape index (κ1) is 20.2. The van der Waals surface area contributed by atoms with E-state index in [0.717, 1.165) is 63.1 Å². The third-order valence-electron chi connectivity index (χ3n) is 4.94. The van der Waals surface area contributed by atoms with Gasteiger partial charge in [-0.3, -0.25) is 4.90 Å². The lowest BCUT2D eigenvalue weighted by atomic mass is 10.1. The van der Waals surface area contributed by atoms with E-state index in [9.17, 15) is 0 Å². The van der Waals surface area contributed by atoms with Crippen LogP contribution in [0.2, 0.25) is 5.02 Å². The SMILES string of the molecule is CN(CCC(Oc1ccc(Cl)cc1)c1ccccc1)CCN1CCOCC1.